The van der Waals surface area contributed by atoms with Crippen LogP contribution in [0.4, 0.5) is 5.82 Å². The summed E-state index contributed by atoms with van der Waals surface area (Å²) in [6.45, 7) is 3.86. The van der Waals surface area contributed by atoms with Crippen molar-refractivity contribution in [1.82, 2.24) is 19.5 Å². The van der Waals surface area contributed by atoms with Gasteiger partial charge >= 0.3 is 0 Å². The molecule has 4 heterocycles. The molecule has 0 bridgehead atoms. The fourth-order valence-corrected chi connectivity index (χ4v) is 6.78. The molecule has 0 radical (unpaired) electrons. The predicted octanol–water partition coefficient (Wildman–Crippen LogP) is 8.24. The number of methoxy groups -OCH3 is 1. The Kier molecular flexibility index (Phi) is 7.67. The molecule has 8 rings (SSSR count). The number of aromatic nitrogens is 4. The van der Waals surface area contributed by atoms with E-state index in [0.29, 0.717) is 34.4 Å². The molecule has 2 aliphatic rings. The first-order valence-electron chi connectivity index (χ1n) is 15.7. The number of hydrogen-bond donors (Lipinski definition) is 0. The third-order valence-electron chi connectivity index (χ3n) is 8.72. The lowest BCUT2D eigenvalue weighted by atomic mass is 10.0. The van der Waals surface area contributed by atoms with Crippen molar-refractivity contribution >= 4 is 45.1 Å². The molecular weight excluding hydrogens is 626 g/mol. The van der Waals surface area contributed by atoms with Crippen LogP contribution in [0, 0.1) is 0 Å². The van der Waals surface area contributed by atoms with E-state index in [9.17, 15) is 0 Å². The van der Waals surface area contributed by atoms with Gasteiger partial charge in [-0.1, -0.05) is 72.3 Å². The first-order chi connectivity index (χ1) is 23.4. The number of halogens is 1. The number of hydrogen-bond acceptors (Lipinski definition) is 8. The molecule has 1 aliphatic heterocycles. The summed E-state index contributed by atoms with van der Waals surface area (Å²) in [5, 5.41) is 2.19. The van der Waals surface area contributed by atoms with Gasteiger partial charge in [-0.3, -0.25) is 0 Å². The third kappa shape index (κ3) is 5.60. The second-order valence-corrected chi connectivity index (χ2v) is 12.7. The first-order valence-corrected chi connectivity index (χ1v) is 16.1. The Bertz CT molecular complexity index is 2160. The summed E-state index contributed by atoms with van der Waals surface area (Å²) in [6.07, 6.45) is 5.45. The Morgan fingerprint density at radius 2 is 1.71 bits per heavy atom. The summed E-state index contributed by atoms with van der Waals surface area (Å²) in [5.74, 6) is 0.854. The van der Waals surface area contributed by atoms with Gasteiger partial charge in [0.1, 0.15) is 29.9 Å². The minimum Gasteiger partial charge on any atom is -0.480 e. The topological polar surface area (TPSA) is 92.9 Å². The maximum absolute atomic E-state index is 6.74. The van der Waals surface area contributed by atoms with E-state index in [1.807, 2.05) is 111 Å². The van der Waals surface area contributed by atoms with E-state index in [1.54, 1.807) is 13.4 Å². The Balaban J connectivity index is 1.11. The highest BCUT2D eigenvalue weighted by Crippen LogP contribution is 2.47. The molecule has 2 fully saturated rings. The average Bonchev–Trinajstić information content (AvgIpc) is 3.77. The van der Waals surface area contributed by atoms with E-state index >= 15 is 0 Å². The van der Waals surface area contributed by atoms with Crippen LogP contribution in [-0.2, 0) is 9.47 Å². The number of fused-ring (bicyclic) bond motifs is 3. The van der Waals surface area contributed by atoms with Gasteiger partial charge in [-0.05, 0) is 50.1 Å². The highest BCUT2D eigenvalue weighted by atomic mass is 35.5. The van der Waals surface area contributed by atoms with E-state index in [1.165, 1.54) is 6.33 Å². The normalized spacial score (nSPS) is 20.7. The van der Waals surface area contributed by atoms with Crippen LogP contribution in [0.1, 0.15) is 37.4 Å². The quantitative estimate of drug-likeness (QED) is 0.126. The van der Waals surface area contributed by atoms with Gasteiger partial charge < -0.3 is 23.5 Å². The van der Waals surface area contributed by atoms with Gasteiger partial charge in [-0.2, -0.15) is 0 Å². The standard InChI is InChI=1S/C38H32ClN5O4/c1-38(2)47-33-26(19-31(34(33)48-38)44-17-16-28-36(44)40-22-41-37(28)45-3)21-46-27-15-14-25-18-29(39)35(42-30(25)20-27)43-32(23-10-6-4-7-11-23)24-12-8-5-9-13-24/h4-18,20-22,31,33-34H,19H2,1-3H3/b26-21+/t31-,33-,34+/m1/s1. The van der Waals surface area contributed by atoms with Gasteiger partial charge in [0.05, 0.1) is 41.1 Å². The number of benzene rings is 3. The summed E-state index contributed by atoms with van der Waals surface area (Å²) in [7, 11) is 1.61. The fourth-order valence-electron chi connectivity index (χ4n) is 6.58. The molecule has 0 amide bonds. The molecule has 3 atom stereocenters. The number of rotatable bonds is 7. The monoisotopic (exact) mass is 657 g/mol. The maximum Gasteiger partial charge on any atom is 0.225 e. The zero-order chi connectivity index (χ0) is 32.8. The second-order valence-electron chi connectivity index (χ2n) is 12.3. The summed E-state index contributed by atoms with van der Waals surface area (Å²) in [6, 6.07) is 29.6. The average molecular weight is 658 g/mol. The van der Waals surface area contributed by atoms with Gasteiger partial charge in [0.15, 0.2) is 11.6 Å². The predicted molar refractivity (Wildman–Crippen MR) is 185 cm³/mol. The zero-order valence-corrected chi connectivity index (χ0v) is 27.3. The van der Waals surface area contributed by atoms with Crippen molar-refractivity contribution in [3.8, 4) is 11.6 Å². The van der Waals surface area contributed by atoms with Crippen molar-refractivity contribution in [2.45, 2.75) is 44.3 Å². The van der Waals surface area contributed by atoms with Gasteiger partial charge in [0, 0.05) is 28.8 Å². The van der Waals surface area contributed by atoms with E-state index in [4.69, 9.17) is 40.5 Å². The number of nitrogens with zero attached hydrogens (tertiary/aromatic N) is 5. The smallest absolute Gasteiger partial charge is 0.225 e. The van der Waals surface area contributed by atoms with Crippen LogP contribution >= 0.6 is 11.6 Å². The van der Waals surface area contributed by atoms with Crippen molar-refractivity contribution < 1.29 is 18.9 Å². The number of pyridine rings is 1. The molecule has 1 saturated carbocycles. The lowest BCUT2D eigenvalue weighted by Gasteiger charge is -2.23. The SMILES string of the molecule is COc1ncnc2c1ccn2[C@@H]1C/C(=C\Oc2ccc3cc(Cl)c(N=C(c4ccccc4)c4ccccc4)nc3c2)[C@H]2OC(C)(C)O[C@H]21. The Labute approximate surface area is 282 Å². The van der Waals surface area contributed by atoms with Gasteiger partial charge in [0.2, 0.25) is 5.88 Å². The molecule has 1 saturated heterocycles. The molecule has 0 N–H and O–H groups in total. The Hall–Kier alpha value is -5.09. The number of ether oxygens (including phenoxy) is 4. The van der Waals surface area contributed by atoms with Crippen LogP contribution in [0.3, 0.4) is 0 Å². The molecule has 0 unspecified atom stereocenters. The lowest BCUT2D eigenvalue weighted by molar-refractivity contribution is -0.151. The highest BCUT2D eigenvalue weighted by molar-refractivity contribution is 6.33. The molecule has 3 aromatic heterocycles. The van der Waals surface area contributed by atoms with Crippen LogP contribution in [0.2, 0.25) is 5.02 Å². The maximum atomic E-state index is 6.74. The van der Waals surface area contributed by atoms with Crippen LogP contribution < -0.4 is 9.47 Å². The minimum atomic E-state index is -0.746. The zero-order valence-electron chi connectivity index (χ0n) is 26.6. The van der Waals surface area contributed by atoms with E-state index in [2.05, 4.69) is 14.5 Å². The molecule has 3 aromatic carbocycles. The van der Waals surface area contributed by atoms with Crippen molar-refractivity contribution in [2.24, 2.45) is 4.99 Å². The van der Waals surface area contributed by atoms with Crippen LogP contribution in [-0.4, -0.2) is 50.3 Å². The molecule has 9 nitrogen and oxygen atoms in total. The molecule has 0 spiro atoms. The van der Waals surface area contributed by atoms with E-state index in [0.717, 1.165) is 38.8 Å². The van der Waals surface area contributed by atoms with Crippen molar-refractivity contribution in [3.63, 3.8) is 0 Å². The van der Waals surface area contributed by atoms with E-state index in [-0.39, 0.29) is 18.2 Å². The highest BCUT2D eigenvalue weighted by Gasteiger charge is 2.52. The summed E-state index contributed by atoms with van der Waals surface area (Å²) in [4.78, 5) is 18.7. The lowest BCUT2D eigenvalue weighted by Crippen LogP contribution is -2.27. The van der Waals surface area contributed by atoms with E-state index < -0.39 is 5.79 Å². The minimum absolute atomic E-state index is 0.0620. The van der Waals surface area contributed by atoms with Crippen LogP contribution in [0.15, 0.2) is 120 Å². The summed E-state index contributed by atoms with van der Waals surface area (Å²) >= 11 is 6.74. The molecule has 1 aliphatic carbocycles. The van der Waals surface area contributed by atoms with Gasteiger partial charge in [-0.25, -0.2) is 19.9 Å². The van der Waals surface area contributed by atoms with Crippen molar-refractivity contribution in [1.29, 1.82) is 0 Å². The van der Waals surface area contributed by atoms with Crippen LogP contribution in [0.25, 0.3) is 21.9 Å². The number of aliphatic imine (C=N–C) groups is 1. The molecule has 10 heteroatoms. The van der Waals surface area contributed by atoms with Crippen molar-refractivity contribution in [3.05, 3.63) is 132 Å². The summed E-state index contributed by atoms with van der Waals surface area (Å²) < 4.78 is 26.7. The largest absolute Gasteiger partial charge is 0.480 e. The molecular formula is C38H32ClN5O4. The fraction of sp³-hybridized carbons (Fsp3) is 0.211. The van der Waals surface area contributed by atoms with Gasteiger partial charge in [-0.15, -0.1) is 0 Å². The molecule has 6 aromatic rings. The van der Waals surface area contributed by atoms with Crippen molar-refractivity contribution in [2.75, 3.05) is 7.11 Å². The first kappa shape index (κ1) is 30.3. The molecule has 240 valence electrons. The second kappa shape index (κ2) is 12.2. The Morgan fingerprint density at radius 3 is 2.44 bits per heavy atom. The summed E-state index contributed by atoms with van der Waals surface area (Å²) in [5.41, 5.74) is 5.21. The van der Waals surface area contributed by atoms with Crippen LogP contribution in [0.5, 0.6) is 11.6 Å². The van der Waals surface area contributed by atoms with Gasteiger partial charge in [0.25, 0.3) is 0 Å². The molecule has 48 heavy (non-hydrogen) atoms. The Morgan fingerprint density at radius 1 is 0.958 bits per heavy atom. The third-order valence-corrected chi connectivity index (χ3v) is 9.00.